The minimum atomic E-state index is -0.533. The van der Waals surface area contributed by atoms with Crippen molar-refractivity contribution >= 4 is 5.82 Å². The monoisotopic (exact) mass is 236 g/mol. The van der Waals surface area contributed by atoms with Crippen molar-refractivity contribution in [2.24, 2.45) is 5.92 Å². The Hall–Kier alpha value is -1.13. The summed E-state index contributed by atoms with van der Waals surface area (Å²) in [6.07, 6.45) is 2.26. The fourth-order valence-corrected chi connectivity index (χ4v) is 2.53. The van der Waals surface area contributed by atoms with Gasteiger partial charge in [0, 0.05) is 18.3 Å². The third kappa shape index (κ3) is 2.28. The Labute approximate surface area is 102 Å². The molecule has 1 aromatic heterocycles. The van der Waals surface area contributed by atoms with E-state index in [1.807, 2.05) is 12.1 Å². The fourth-order valence-electron chi connectivity index (χ4n) is 2.53. The van der Waals surface area contributed by atoms with E-state index in [1.54, 1.807) is 13.1 Å². The second kappa shape index (κ2) is 5.02. The molecule has 1 fully saturated rings. The van der Waals surface area contributed by atoms with Gasteiger partial charge in [0.1, 0.15) is 5.82 Å². The quantitative estimate of drug-likeness (QED) is 0.831. The molecule has 0 amide bonds. The zero-order valence-corrected chi connectivity index (χ0v) is 10.4. The second-order valence-corrected chi connectivity index (χ2v) is 4.80. The summed E-state index contributed by atoms with van der Waals surface area (Å²) in [5, 5.41) is 19.2. The molecule has 2 unspecified atom stereocenters. The summed E-state index contributed by atoms with van der Waals surface area (Å²) in [5.41, 5.74) is 0.833. The molecule has 0 aliphatic carbocycles. The van der Waals surface area contributed by atoms with Crippen LogP contribution in [0.1, 0.15) is 31.9 Å². The number of pyridine rings is 1. The van der Waals surface area contributed by atoms with Crippen LogP contribution in [0, 0.1) is 5.92 Å². The lowest BCUT2D eigenvalue weighted by molar-refractivity contribution is 0.198. The maximum absolute atomic E-state index is 9.76. The third-order valence-corrected chi connectivity index (χ3v) is 3.61. The summed E-state index contributed by atoms with van der Waals surface area (Å²) >= 11 is 0. The molecule has 0 bridgehead atoms. The fraction of sp³-hybridized carbons (Fsp3) is 0.615. The van der Waals surface area contributed by atoms with Gasteiger partial charge in [-0.05, 0) is 25.3 Å². The van der Waals surface area contributed by atoms with Crippen molar-refractivity contribution < 1.29 is 10.2 Å². The molecule has 4 heteroatoms. The number of rotatable bonds is 3. The molecule has 2 N–H and O–H groups in total. The zero-order valence-electron chi connectivity index (χ0n) is 10.4. The van der Waals surface area contributed by atoms with E-state index < -0.39 is 6.10 Å². The number of aliphatic hydroxyl groups is 2. The molecule has 0 aromatic carbocycles. The molecule has 1 aromatic rings. The summed E-state index contributed by atoms with van der Waals surface area (Å²) in [4.78, 5) is 6.49. The van der Waals surface area contributed by atoms with Gasteiger partial charge in [0.15, 0.2) is 0 Å². The van der Waals surface area contributed by atoms with Gasteiger partial charge in [0.25, 0.3) is 0 Å². The summed E-state index contributed by atoms with van der Waals surface area (Å²) in [6.45, 7) is 4.92. The number of hydrogen-bond donors (Lipinski definition) is 2. The van der Waals surface area contributed by atoms with E-state index in [1.165, 1.54) is 0 Å². The average Bonchev–Trinajstić information content (AvgIpc) is 2.70. The molecule has 1 aliphatic heterocycles. The summed E-state index contributed by atoms with van der Waals surface area (Å²) in [7, 11) is 0. The van der Waals surface area contributed by atoms with Gasteiger partial charge in [-0.3, -0.25) is 0 Å². The molecule has 0 saturated carbocycles. The highest BCUT2D eigenvalue weighted by Gasteiger charge is 2.32. The minimum absolute atomic E-state index is 0.113. The standard InChI is InChI=1S/C13H20N2O2/c1-9-5-7-15(12(9)8-16)13-11(10(2)17)4-3-6-14-13/h3-4,6,9-10,12,16-17H,5,7-8H2,1-2H3/t9?,10-,12?/m1/s1. The van der Waals surface area contributed by atoms with Crippen LogP contribution in [0.15, 0.2) is 18.3 Å². The molecule has 94 valence electrons. The maximum Gasteiger partial charge on any atom is 0.134 e. The van der Waals surface area contributed by atoms with Crippen LogP contribution in [-0.2, 0) is 0 Å². The molecule has 1 saturated heterocycles. The molecule has 4 nitrogen and oxygen atoms in total. The number of aromatic nitrogens is 1. The summed E-state index contributed by atoms with van der Waals surface area (Å²) < 4.78 is 0. The molecule has 2 rings (SSSR count). The Morgan fingerprint density at radius 1 is 1.59 bits per heavy atom. The molecular formula is C13H20N2O2. The van der Waals surface area contributed by atoms with E-state index in [2.05, 4.69) is 16.8 Å². The van der Waals surface area contributed by atoms with E-state index in [0.717, 1.165) is 24.3 Å². The van der Waals surface area contributed by atoms with Crippen LogP contribution in [0.2, 0.25) is 0 Å². The van der Waals surface area contributed by atoms with Crippen LogP contribution in [0.25, 0.3) is 0 Å². The SMILES string of the molecule is CC1CCN(c2ncccc2[C@@H](C)O)C1CO. The first kappa shape index (κ1) is 12.3. The molecule has 3 atom stereocenters. The van der Waals surface area contributed by atoms with E-state index >= 15 is 0 Å². The second-order valence-electron chi connectivity index (χ2n) is 4.80. The van der Waals surface area contributed by atoms with Crippen molar-refractivity contribution in [1.82, 2.24) is 4.98 Å². The van der Waals surface area contributed by atoms with Crippen LogP contribution in [0.5, 0.6) is 0 Å². The normalized spacial score (nSPS) is 26.2. The highest BCUT2D eigenvalue weighted by Crippen LogP contribution is 2.32. The van der Waals surface area contributed by atoms with Gasteiger partial charge in [-0.1, -0.05) is 13.0 Å². The van der Waals surface area contributed by atoms with Gasteiger partial charge in [0.05, 0.1) is 18.8 Å². The first-order valence-electron chi connectivity index (χ1n) is 6.15. The maximum atomic E-state index is 9.76. The van der Waals surface area contributed by atoms with Crippen molar-refractivity contribution in [2.45, 2.75) is 32.4 Å². The molecule has 17 heavy (non-hydrogen) atoms. The van der Waals surface area contributed by atoms with Crippen molar-refractivity contribution in [1.29, 1.82) is 0 Å². The van der Waals surface area contributed by atoms with Gasteiger partial charge in [-0.2, -0.15) is 0 Å². The van der Waals surface area contributed by atoms with Gasteiger partial charge in [0.2, 0.25) is 0 Å². The minimum Gasteiger partial charge on any atom is -0.394 e. The van der Waals surface area contributed by atoms with E-state index in [9.17, 15) is 10.2 Å². The van der Waals surface area contributed by atoms with Crippen LogP contribution >= 0.6 is 0 Å². The van der Waals surface area contributed by atoms with E-state index in [-0.39, 0.29) is 12.6 Å². The Kier molecular flexibility index (Phi) is 3.64. The lowest BCUT2D eigenvalue weighted by atomic mass is 10.0. The van der Waals surface area contributed by atoms with Crippen molar-refractivity contribution in [3.05, 3.63) is 23.9 Å². The number of anilines is 1. The largest absolute Gasteiger partial charge is 0.394 e. The molecule has 0 spiro atoms. The van der Waals surface area contributed by atoms with Crippen LogP contribution in [0.3, 0.4) is 0 Å². The highest BCUT2D eigenvalue weighted by atomic mass is 16.3. The Morgan fingerprint density at radius 2 is 2.35 bits per heavy atom. The average molecular weight is 236 g/mol. The Morgan fingerprint density at radius 3 is 3.00 bits per heavy atom. The summed E-state index contributed by atoms with van der Waals surface area (Å²) in [5.74, 6) is 1.27. The highest BCUT2D eigenvalue weighted by molar-refractivity contribution is 5.50. The van der Waals surface area contributed by atoms with E-state index in [0.29, 0.717) is 5.92 Å². The predicted octanol–water partition coefficient (Wildman–Crippen LogP) is 1.34. The van der Waals surface area contributed by atoms with Crippen LogP contribution in [-0.4, -0.2) is 34.4 Å². The van der Waals surface area contributed by atoms with Crippen molar-refractivity contribution in [2.75, 3.05) is 18.1 Å². The molecule has 0 radical (unpaired) electrons. The van der Waals surface area contributed by atoms with Crippen molar-refractivity contribution in [3.63, 3.8) is 0 Å². The first-order valence-corrected chi connectivity index (χ1v) is 6.15. The third-order valence-electron chi connectivity index (χ3n) is 3.61. The molecule has 2 heterocycles. The van der Waals surface area contributed by atoms with Crippen molar-refractivity contribution in [3.8, 4) is 0 Å². The van der Waals surface area contributed by atoms with Gasteiger partial charge >= 0.3 is 0 Å². The number of aliphatic hydroxyl groups excluding tert-OH is 2. The molecular weight excluding hydrogens is 216 g/mol. The van der Waals surface area contributed by atoms with Gasteiger partial charge in [-0.15, -0.1) is 0 Å². The molecule has 1 aliphatic rings. The topological polar surface area (TPSA) is 56.6 Å². The summed E-state index contributed by atoms with van der Waals surface area (Å²) in [6, 6.07) is 3.84. The Bertz CT molecular complexity index is 381. The predicted molar refractivity (Wildman–Crippen MR) is 66.9 cm³/mol. The zero-order chi connectivity index (χ0) is 12.4. The number of nitrogens with zero attached hydrogens (tertiary/aromatic N) is 2. The van der Waals surface area contributed by atoms with Gasteiger partial charge < -0.3 is 15.1 Å². The lowest BCUT2D eigenvalue weighted by Gasteiger charge is -2.28. The first-order chi connectivity index (χ1) is 8.15. The smallest absolute Gasteiger partial charge is 0.134 e. The lowest BCUT2D eigenvalue weighted by Crippen LogP contribution is -2.36. The number of hydrogen-bond acceptors (Lipinski definition) is 4. The van der Waals surface area contributed by atoms with Crippen LogP contribution < -0.4 is 4.90 Å². The van der Waals surface area contributed by atoms with Crippen LogP contribution in [0.4, 0.5) is 5.82 Å². The van der Waals surface area contributed by atoms with Gasteiger partial charge in [-0.25, -0.2) is 4.98 Å². The Balaban J connectivity index is 2.33. The van der Waals surface area contributed by atoms with E-state index in [4.69, 9.17) is 0 Å².